The molecular weight excluding hydrogens is 330 g/mol. The number of halogens is 2. The molecule has 0 saturated heterocycles. The lowest BCUT2D eigenvalue weighted by Gasteiger charge is -2.06. The Bertz CT molecular complexity index is 642. The van der Waals surface area contributed by atoms with Crippen LogP contribution >= 0.6 is 27.5 Å². The second-order valence-electron chi connectivity index (χ2n) is 3.99. The van der Waals surface area contributed by atoms with Gasteiger partial charge in [-0.3, -0.25) is 4.79 Å². The molecule has 2 aromatic rings. The van der Waals surface area contributed by atoms with Crippen LogP contribution in [0, 0.1) is 0 Å². The fourth-order valence-electron chi connectivity index (χ4n) is 1.63. The smallest absolute Gasteiger partial charge is 0.251 e. The minimum atomic E-state index is -0.163. The van der Waals surface area contributed by atoms with Crippen molar-refractivity contribution in [1.82, 2.24) is 15.3 Å². The monoisotopic (exact) mass is 341 g/mol. The number of nitrogens with zero attached hydrogens (tertiary/aromatic N) is 1. The quantitative estimate of drug-likeness (QED) is 0.898. The van der Waals surface area contributed by atoms with Crippen molar-refractivity contribution in [3.8, 4) is 11.4 Å². The fraction of sp³-hybridized carbons (Fsp3) is 0.231. The molecule has 0 atom stereocenters. The molecule has 0 amide bonds. The van der Waals surface area contributed by atoms with Gasteiger partial charge < -0.3 is 10.3 Å². The van der Waals surface area contributed by atoms with Gasteiger partial charge >= 0.3 is 0 Å². The van der Waals surface area contributed by atoms with E-state index in [1.807, 2.05) is 19.1 Å². The van der Waals surface area contributed by atoms with Crippen molar-refractivity contribution in [3.05, 3.63) is 49.8 Å². The van der Waals surface area contributed by atoms with E-state index in [0.29, 0.717) is 23.1 Å². The first-order valence-electron chi connectivity index (χ1n) is 5.86. The first kappa shape index (κ1) is 14.2. The van der Waals surface area contributed by atoms with Gasteiger partial charge in [-0.2, -0.15) is 0 Å². The number of aromatic nitrogens is 2. The third-order valence-corrected chi connectivity index (χ3v) is 3.76. The molecule has 2 N–H and O–H groups in total. The normalized spacial score (nSPS) is 10.7. The Kier molecular flexibility index (Phi) is 4.74. The molecular formula is C13H13BrClN3O. The van der Waals surface area contributed by atoms with Crippen LogP contribution in [0.15, 0.2) is 33.5 Å². The number of aromatic amines is 1. The Balaban J connectivity index is 2.40. The number of hydrogen-bond acceptors (Lipinski definition) is 3. The molecule has 0 aliphatic carbocycles. The minimum Gasteiger partial charge on any atom is -0.311 e. The largest absolute Gasteiger partial charge is 0.311 e. The average Bonchev–Trinajstić information content (AvgIpc) is 2.39. The van der Waals surface area contributed by atoms with Crippen LogP contribution in [0.2, 0.25) is 5.02 Å². The molecule has 19 heavy (non-hydrogen) atoms. The minimum absolute atomic E-state index is 0.163. The Morgan fingerprint density at radius 2 is 2.21 bits per heavy atom. The molecule has 1 aromatic heterocycles. The number of nitrogens with one attached hydrogen (secondary N) is 2. The van der Waals surface area contributed by atoms with E-state index in [2.05, 4.69) is 31.2 Å². The van der Waals surface area contributed by atoms with Gasteiger partial charge in [0.05, 0.1) is 10.7 Å². The van der Waals surface area contributed by atoms with Crippen molar-refractivity contribution in [2.75, 3.05) is 6.54 Å². The van der Waals surface area contributed by atoms with Gasteiger partial charge in [-0.05, 0) is 40.7 Å². The lowest BCUT2D eigenvalue weighted by Crippen LogP contribution is -2.17. The van der Waals surface area contributed by atoms with Crippen molar-refractivity contribution in [2.24, 2.45) is 0 Å². The van der Waals surface area contributed by atoms with Crippen LogP contribution in [0.4, 0.5) is 0 Å². The maximum Gasteiger partial charge on any atom is 0.251 e. The summed E-state index contributed by atoms with van der Waals surface area (Å²) in [6.45, 7) is 3.41. The second kappa shape index (κ2) is 6.32. The Morgan fingerprint density at radius 1 is 1.42 bits per heavy atom. The molecule has 100 valence electrons. The van der Waals surface area contributed by atoms with Gasteiger partial charge in [0.1, 0.15) is 5.82 Å². The third kappa shape index (κ3) is 3.65. The number of benzene rings is 1. The van der Waals surface area contributed by atoms with Gasteiger partial charge in [-0.15, -0.1) is 0 Å². The van der Waals surface area contributed by atoms with Crippen LogP contribution in [-0.2, 0) is 6.54 Å². The van der Waals surface area contributed by atoms with E-state index in [0.717, 1.165) is 16.6 Å². The molecule has 0 radical (unpaired) electrons. The van der Waals surface area contributed by atoms with Crippen LogP contribution in [0.5, 0.6) is 0 Å². The first-order chi connectivity index (χ1) is 9.10. The van der Waals surface area contributed by atoms with Gasteiger partial charge in [-0.1, -0.05) is 18.5 Å². The van der Waals surface area contributed by atoms with E-state index in [4.69, 9.17) is 11.6 Å². The highest BCUT2D eigenvalue weighted by Crippen LogP contribution is 2.26. The van der Waals surface area contributed by atoms with Crippen LogP contribution in [0.3, 0.4) is 0 Å². The molecule has 1 aromatic carbocycles. The summed E-state index contributed by atoms with van der Waals surface area (Å²) in [5.41, 5.74) is 1.36. The number of hydrogen-bond donors (Lipinski definition) is 2. The maximum absolute atomic E-state index is 11.6. The highest BCUT2D eigenvalue weighted by atomic mass is 79.9. The van der Waals surface area contributed by atoms with Crippen LogP contribution in [0.1, 0.15) is 12.6 Å². The zero-order chi connectivity index (χ0) is 13.8. The summed E-state index contributed by atoms with van der Waals surface area (Å²) in [6, 6.07) is 6.91. The molecule has 0 aliphatic rings. The standard InChI is InChI=1S/C13H13BrClN3O/c1-2-16-7-9-6-12(19)18-13(17-9)8-3-4-11(15)10(14)5-8/h3-6,16H,2,7H2,1H3,(H,17,18,19). The van der Waals surface area contributed by atoms with E-state index in [-0.39, 0.29) is 5.56 Å². The van der Waals surface area contributed by atoms with Crippen molar-refractivity contribution >= 4 is 27.5 Å². The molecule has 0 spiro atoms. The molecule has 0 bridgehead atoms. The Hall–Kier alpha value is -1.17. The van der Waals surface area contributed by atoms with E-state index in [1.165, 1.54) is 6.07 Å². The molecule has 0 saturated carbocycles. The molecule has 0 unspecified atom stereocenters. The summed E-state index contributed by atoms with van der Waals surface area (Å²) in [5.74, 6) is 0.540. The first-order valence-corrected chi connectivity index (χ1v) is 7.03. The Labute approximate surface area is 124 Å². The SMILES string of the molecule is CCNCc1cc(=O)[nH]c(-c2ccc(Cl)c(Br)c2)n1. The highest BCUT2D eigenvalue weighted by molar-refractivity contribution is 9.10. The van der Waals surface area contributed by atoms with Gasteiger partial charge in [0, 0.05) is 22.6 Å². The van der Waals surface area contributed by atoms with E-state index in [1.54, 1.807) is 6.07 Å². The van der Waals surface area contributed by atoms with Crippen molar-refractivity contribution < 1.29 is 0 Å². The molecule has 2 rings (SSSR count). The van der Waals surface area contributed by atoms with Gasteiger partial charge in [0.25, 0.3) is 5.56 Å². The molecule has 0 fully saturated rings. The van der Waals surface area contributed by atoms with Crippen LogP contribution in [-0.4, -0.2) is 16.5 Å². The van der Waals surface area contributed by atoms with Gasteiger partial charge in [-0.25, -0.2) is 4.98 Å². The lowest BCUT2D eigenvalue weighted by atomic mass is 10.2. The maximum atomic E-state index is 11.6. The average molecular weight is 343 g/mol. The van der Waals surface area contributed by atoms with Crippen molar-refractivity contribution in [3.63, 3.8) is 0 Å². The summed E-state index contributed by atoms with van der Waals surface area (Å²) in [4.78, 5) is 18.8. The fourth-order valence-corrected chi connectivity index (χ4v) is 2.13. The van der Waals surface area contributed by atoms with E-state index < -0.39 is 0 Å². The second-order valence-corrected chi connectivity index (χ2v) is 5.26. The van der Waals surface area contributed by atoms with Crippen molar-refractivity contribution in [2.45, 2.75) is 13.5 Å². The lowest BCUT2D eigenvalue weighted by molar-refractivity contribution is 0.708. The predicted molar refractivity (Wildman–Crippen MR) is 80.4 cm³/mol. The summed E-state index contributed by atoms with van der Waals surface area (Å²) < 4.78 is 0.770. The molecule has 4 nitrogen and oxygen atoms in total. The highest BCUT2D eigenvalue weighted by Gasteiger charge is 2.06. The van der Waals surface area contributed by atoms with E-state index in [9.17, 15) is 4.79 Å². The summed E-state index contributed by atoms with van der Waals surface area (Å²) in [5, 5.41) is 3.77. The zero-order valence-corrected chi connectivity index (χ0v) is 12.7. The molecule has 6 heteroatoms. The molecule has 0 aliphatic heterocycles. The van der Waals surface area contributed by atoms with Gasteiger partial charge in [0.15, 0.2) is 0 Å². The van der Waals surface area contributed by atoms with E-state index >= 15 is 0 Å². The summed E-state index contributed by atoms with van der Waals surface area (Å²) >= 11 is 9.31. The number of H-pyrrole nitrogens is 1. The summed E-state index contributed by atoms with van der Waals surface area (Å²) in [6.07, 6.45) is 0. The van der Waals surface area contributed by atoms with Gasteiger partial charge in [0.2, 0.25) is 0 Å². The summed E-state index contributed by atoms with van der Waals surface area (Å²) in [7, 11) is 0. The van der Waals surface area contributed by atoms with Crippen LogP contribution < -0.4 is 10.9 Å². The third-order valence-electron chi connectivity index (χ3n) is 2.54. The molecule has 1 heterocycles. The topological polar surface area (TPSA) is 57.8 Å². The zero-order valence-electron chi connectivity index (χ0n) is 10.3. The Morgan fingerprint density at radius 3 is 2.89 bits per heavy atom. The van der Waals surface area contributed by atoms with Crippen molar-refractivity contribution in [1.29, 1.82) is 0 Å². The predicted octanol–water partition coefficient (Wildman–Crippen LogP) is 2.96. The number of rotatable bonds is 4. The van der Waals surface area contributed by atoms with Crippen LogP contribution in [0.25, 0.3) is 11.4 Å².